The maximum absolute atomic E-state index is 14.0. The number of hydrogen-bond acceptors (Lipinski definition) is 3. The van der Waals surface area contributed by atoms with Crippen molar-refractivity contribution in [1.29, 1.82) is 0 Å². The molecule has 4 heteroatoms. The zero-order valence-corrected chi connectivity index (χ0v) is 21.3. The van der Waals surface area contributed by atoms with Gasteiger partial charge < -0.3 is 10.2 Å². The summed E-state index contributed by atoms with van der Waals surface area (Å²) in [4.78, 5) is 30.1. The van der Waals surface area contributed by atoms with Crippen molar-refractivity contribution in [1.82, 2.24) is 4.90 Å². The minimum atomic E-state index is -0.797. The van der Waals surface area contributed by atoms with Gasteiger partial charge >= 0.3 is 0 Å². The largest absolute Gasteiger partial charge is 0.364 e. The first-order chi connectivity index (χ1) is 17.1. The lowest BCUT2D eigenvalue weighted by molar-refractivity contribution is -0.138. The number of carbonyl (C=O) groups is 2. The van der Waals surface area contributed by atoms with Crippen LogP contribution in [0.15, 0.2) is 72.4 Å². The second-order valence-electron chi connectivity index (χ2n) is 10.3. The maximum atomic E-state index is 14.0. The number of unbranched alkanes of at least 4 members (excludes halogenated alkanes) is 2. The van der Waals surface area contributed by atoms with Crippen LogP contribution in [0, 0.1) is 11.8 Å². The van der Waals surface area contributed by atoms with Gasteiger partial charge in [-0.2, -0.15) is 0 Å². The van der Waals surface area contributed by atoms with Crippen LogP contribution in [-0.4, -0.2) is 23.1 Å². The van der Waals surface area contributed by atoms with E-state index in [1.165, 1.54) is 32.1 Å². The fraction of sp³-hybridized carbons (Fsp3) is 0.484. The van der Waals surface area contributed by atoms with Crippen LogP contribution in [-0.2, 0) is 15.1 Å². The molecule has 2 unspecified atom stereocenters. The van der Waals surface area contributed by atoms with Crippen LogP contribution in [0.2, 0.25) is 0 Å². The van der Waals surface area contributed by atoms with E-state index >= 15 is 0 Å². The molecule has 0 bridgehead atoms. The number of nitrogens with one attached hydrogen (secondary N) is 1. The molecule has 2 aliphatic rings. The molecule has 4 rings (SSSR count). The molecule has 4 nitrogen and oxygen atoms in total. The van der Waals surface area contributed by atoms with Crippen LogP contribution in [0.3, 0.4) is 0 Å². The van der Waals surface area contributed by atoms with Gasteiger partial charge in [0.1, 0.15) is 5.92 Å². The number of benzene rings is 2. The molecule has 2 aromatic rings. The molecule has 0 radical (unpaired) electrons. The Balaban J connectivity index is 1.82. The number of rotatable bonds is 9. The van der Waals surface area contributed by atoms with Gasteiger partial charge in [0, 0.05) is 24.0 Å². The molecular formula is C31H40N2O2. The van der Waals surface area contributed by atoms with Crippen molar-refractivity contribution in [2.24, 2.45) is 11.8 Å². The molecular weight excluding hydrogens is 432 g/mol. The van der Waals surface area contributed by atoms with E-state index in [1.54, 1.807) is 6.08 Å². The summed E-state index contributed by atoms with van der Waals surface area (Å²) in [5.74, 6) is -0.503. The van der Waals surface area contributed by atoms with Crippen molar-refractivity contribution in [3.63, 3.8) is 0 Å². The third-order valence-electron chi connectivity index (χ3n) is 7.92. The highest BCUT2D eigenvalue weighted by Gasteiger charge is 2.54. The van der Waals surface area contributed by atoms with E-state index in [1.807, 2.05) is 48.5 Å². The monoisotopic (exact) mass is 472 g/mol. The molecule has 1 aliphatic carbocycles. The maximum Gasteiger partial charge on any atom is 0.238 e. The first-order valence-corrected chi connectivity index (χ1v) is 13.5. The molecule has 1 aliphatic heterocycles. The molecule has 0 aromatic heterocycles. The summed E-state index contributed by atoms with van der Waals surface area (Å²) in [5, 5.41) is 3.08. The van der Waals surface area contributed by atoms with E-state index in [0.29, 0.717) is 5.92 Å². The van der Waals surface area contributed by atoms with Gasteiger partial charge in [-0.3, -0.25) is 9.59 Å². The van der Waals surface area contributed by atoms with Crippen molar-refractivity contribution in [2.75, 3.05) is 11.9 Å². The normalized spacial score (nSPS) is 23.1. The molecule has 0 saturated heterocycles. The van der Waals surface area contributed by atoms with Gasteiger partial charge in [-0.05, 0) is 49.8 Å². The third kappa shape index (κ3) is 5.52. The van der Waals surface area contributed by atoms with Crippen LogP contribution in [0.25, 0.3) is 0 Å². The van der Waals surface area contributed by atoms with E-state index < -0.39 is 11.5 Å². The topological polar surface area (TPSA) is 49.4 Å². The van der Waals surface area contributed by atoms with Crippen LogP contribution in [0.4, 0.5) is 5.69 Å². The number of allylic oxidation sites excluding steroid dienone is 2. The summed E-state index contributed by atoms with van der Waals surface area (Å²) in [6.45, 7) is 5.15. The van der Waals surface area contributed by atoms with Crippen molar-refractivity contribution in [2.45, 2.75) is 77.2 Å². The molecule has 2 aromatic carbocycles. The quantitative estimate of drug-likeness (QED) is 0.313. The lowest BCUT2D eigenvalue weighted by Gasteiger charge is -2.53. The number of amides is 1. The van der Waals surface area contributed by atoms with Crippen LogP contribution in [0.1, 0.15) is 77.2 Å². The SMILES string of the molecule is CCCCCC1(c2ccccc2)C(C(=O)Nc2ccccc2)C(=O)C=C(C)N1CC1CCCCC1. The number of ketones is 1. The highest BCUT2D eigenvalue weighted by Crippen LogP contribution is 2.48. The van der Waals surface area contributed by atoms with Crippen LogP contribution < -0.4 is 5.32 Å². The van der Waals surface area contributed by atoms with Gasteiger partial charge in [-0.1, -0.05) is 94.0 Å². The summed E-state index contributed by atoms with van der Waals surface area (Å²) in [5.41, 5.74) is 2.10. The smallest absolute Gasteiger partial charge is 0.238 e. The van der Waals surface area contributed by atoms with Gasteiger partial charge in [0.2, 0.25) is 5.91 Å². The number of para-hydroxylation sites is 1. The van der Waals surface area contributed by atoms with Crippen molar-refractivity contribution in [3.05, 3.63) is 78.0 Å². The average molecular weight is 473 g/mol. The zero-order chi connectivity index (χ0) is 24.7. The Labute approximate surface area is 210 Å². The van der Waals surface area contributed by atoms with Gasteiger partial charge in [-0.25, -0.2) is 0 Å². The fourth-order valence-electron chi connectivity index (χ4n) is 6.21. The summed E-state index contributed by atoms with van der Waals surface area (Å²) in [6, 6.07) is 19.8. The zero-order valence-electron chi connectivity index (χ0n) is 21.3. The summed E-state index contributed by atoms with van der Waals surface area (Å²) in [6.07, 6.45) is 11.9. The minimum Gasteiger partial charge on any atom is -0.364 e. The van der Waals surface area contributed by atoms with Gasteiger partial charge in [0.15, 0.2) is 5.78 Å². The molecule has 186 valence electrons. The summed E-state index contributed by atoms with van der Waals surface area (Å²) < 4.78 is 0. The average Bonchev–Trinajstić information content (AvgIpc) is 2.88. The Morgan fingerprint density at radius 2 is 1.63 bits per heavy atom. The molecule has 1 fully saturated rings. The molecule has 35 heavy (non-hydrogen) atoms. The highest BCUT2D eigenvalue weighted by atomic mass is 16.2. The predicted octanol–water partition coefficient (Wildman–Crippen LogP) is 7.09. The van der Waals surface area contributed by atoms with E-state index in [2.05, 4.69) is 36.2 Å². The number of anilines is 1. The highest BCUT2D eigenvalue weighted by molar-refractivity contribution is 6.13. The Kier molecular flexibility index (Phi) is 8.43. The van der Waals surface area contributed by atoms with E-state index in [9.17, 15) is 9.59 Å². The molecule has 1 N–H and O–H groups in total. The molecule has 1 saturated carbocycles. The second-order valence-corrected chi connectivity index (χ2v) is 10.3. The Bertz CT molecular complexity index is 1010. The Hall–Kier alpha value is -2.88. The van der Waals surface area contributed by atoms with Crippen molar-refractivity contribution in [3.8, 4) is 0 Å². The van der Waals surface area contributed by atoms with E-state index in [4.69, 9.17) is 0 Å². The predicted molar refractivity (Wildman–Crippen MR) is 143 cm³/mol. The summed E-state index contributed by atoms with van der Waals surface area (Å²) >= 11 is 0. The van der Waals surface area contributed by atoms with Crippen molar-refractivity contribution < 1.29 is 9.59 Å². The lowest BCUT2D eigenvalue weighted by atomic mass is 9.68. The number of nitrogens with zero attached hydrogens (tertiary/aromatic N) is 1. The van der Waals surface area contributed by atoms with Crippen LogP contribution in [0.5, 0.6) is 0 Å². The number of carbonyl (C=O) groups excluding carboxylic acids is 2. The van der Waals surface area contributed by atoms with Gasteiger partial charge in [0.05, 0.1) is 5.54 Å². The van der Waals surface area contributed by atoms with Crippen molar-refractivity contribution >= 4 is 17.4 Å². The Morgan fingerprint density at radius 1 is 0.971 bits per heavy atom. The second kappa shape index (κ2) is 11.7. The molecule has 0 spiro atoms. The third-order valence-corrected chi connectivity index (χ3v) is 7.92. The minimum absolute atomic E-state index is 0.0869. The fourth-order valence-corrected chi connectivity index (χ4v) is 6.21. The summed E-state index contributed by atoms with van der Waals surface area (Å²) in [7, 11) is 0. The molecule has 2 atom stereocenters. The van der Waals surface area contributed by atoms with E-state index in [0.717, 1.165) is 49.2 Å². The standard InChI is InChI=1S/C31H40N2O2/c1-3-4-14-21-31(26-17-10-6-11-18-26)29(30(35)32-27-19-12-7-13-20-27)28(34)22-24(2)33(31)23-25-15-8-5-9-16-25/h6-7,10-13,17-20,22,25,29H,3-5,8-9,14-16,21,23H2,1-2H3,(H,32,35). The lowest BCUT2D eigenvalue weighted by Crippen LogP contribution is -2.60. The molecule has 1 amide bonds. The molecule has 1 heterocycles. The first kappa shape index (κ1) is 25.2. The van der Waals surface area contributed by atoms with E-state index in [-0.39, 0.29) is 11.7 Å². The van der Waals surface area contributed by atoms with Gasteiger partial charge in [0.25, 0.3) is 0 Å². The number of hydrogen-bond donors (Lipinski definition) is 1. The first-order valence-electron chi connectivity index (χ1n) is 13.5. The Morgan fingerprint density at radius 3 is 2.29 bits per heavy atom. The van der Waals surface area contributed by atoms with Crippen LogP contribution >= 0.6 is 0 Å². The van der Waals surface area contributed by atoms with Gasteiger partial charge in [-0.15, -0.1) is 0 Å².